The molecule has 0 aromatic rings. The van der Waals surface area contributed by atoms with Gasteiger partial charge in [-0.1, -0.05) is 0 Å². The molecular formula is H5AlCoCuMgZn. The van der Waals surface area contributed by atoms with Gasteiger partial charge >= 0.3 is 23.1 Å². The molecule has 0 bridgehead atoms. The van der Waals surface area contributed by atoms with Crippen molar-refractivity contribution >= 4 is 40.4 Å². The zero-order valence-corrected chi connectivity index (χ0v) is 8.41. The summed E-state index contributed by atoms with van der Waals surface area (Å²) in [5, 5.41) is 0. The molecule has 0 saturated heterocycles. The molecule has 5 heavy (non-hydrogen) atoms. The molecule has 0 aliphatic carbocycles. The van der Waals surface area contributed by atoms with Gasteiger partial charge in [0.25, 0.3) is 0 Å². The maximum atomic E-state index is 0. The summed E-state index contributed by atoms with van der Waals surface area (Å²) in [6.07, 6.45) is 0. The van der Waals surface area contributed by atoms with Crippen LogP contribution in [0.15, 0.2) is 0 Å². The van der Waals surface area contributed by atoms with Gasteiger partial charge in [-0.05, 0) is 0 Å². The topological polar surface area (TPSA) is 0 Å². The third-order valence-electron chi connectivity index (χ3n) is 0. The first-order chi connectivity index (χ1) is 0. The fourth-order valence-electron chi connectivity index (χ4n) is 0. The van der Waals surface area contributed by atoms with Crippen molar-refractivity contribution in [2.75, 3.05) is 0 Å². The Hall–Kier alpha value is 2.95. The van der Waals surface area contributed by atoms with Crippen molar-refractivity contribution in [1.82, 2.24) is 0 Å². The third-order valence-corrected chi connectivity index (χ3v) is 0. The molecule has 2 radical (unpaired) electrons. The van der Waals surface area contributed by atoms with Crippen LogP contribution in [-0.2, 0) is 53.3 Å². The van der Waals surface area contributed by atoms with Crippen LogP contribution >= 0.6 is 0 Å². The molecule has 0 amide bonds. The van der Waals surface area contributed by atoms with Gasteiger partial charge in [0.05, 0.1) is 0 Å². The summed E-state index contributed by atoms with van der Waals surface area (Å²) in [7, 11) is 0. The van der Waals surface area contributed by atoms with E-state index < -0.39 is 0 Å². The third kappa shape index (κ3) is 19.6. The van der Waals surface area contributed by atoms with E-state index in [1.807, 2.05) is 0 Å². The predicted molar refractivity (Wildman–Crippen MR) is 17.9 cm³/mol. The van der Waals surface area contributed by atoms with Crippen molar-refractivity contribution in [2.45, 2.75) is 0 Å². The second-order valence-corrected chi connectivity index (χ2v) is 0. The molecule has 0 fully saturated rings. The Bertz CT molecular complexity index is 17.7. The van der Waals surface area contributed by atoms with Crippen LogP contribution in [0.5, 0.6) is 0 Å². The molecule has 0 rings (SSSR count). The summed E-state index contributed by atoms with van der Waals surface area (Å²) in [6.45, 7) is 0. The summed E-state index contributed by atoms with van der Waals surface area (Å²) in [6, 6.07) is 0. The van der Waals surface area contributed by atoms with E-state index in [1.54, 1.807) is 0 Å². The summed E-state index contributed by atoms with van der Waals surface area (Å²) < 4.78 is 0. The van der Waals surface area contributed by atoms with E-state index >= 15 is 0 Å². The van der Waals surface area contributed by atoms with Crippen molar-refractivity contribution in [3.05, 3.63) is 0 Å². The van der Waals surface area contributed by atoms with Gasteiger partial charge in [0.15, 0.2) is 17.4 Å². The SMILES string of the molecule is [AlH3].[Co].[Cu].[H-].[H-].[Mg+2].[Zn]. The van der Waals surface area contributed by atoms with Gasteiger partial charge in [-0.3, -0.25) is 0 Å². The normalized spacial score (nSPS) is 0. The maximum absolute atomic E-state index is 0. The standard InChI is InChI=1S/Al.Co.Cu.Mg.Zn.5H/q;;;+2;;;;;2*-1. The zero-order chi connectivity index (χ0) is 0. The summed E-state index contributed by atoms with van der Waals surface area (Å²) in [5.74, 6) is 0. The molecule has 0 unspecified atom stereocenters. The van der Waals surface area contributed by atoms with Crippen molar-refractivity contribution in [2.24, 2.45) is 0 Å². The average Bonchev–Trinajstić information content (AvgIpc) is 0. The molecule has 0 N–H and O–H groups in total. The minimum atomic E-state index is 0. The van der Waals surface area contributed by atoms with Crippen LogP contribution in [0.25, 0.3) is 0 Å². The summed E-state index contributed by atoms with van der Waals surface area (Å²) in [4.78, 5) is 0. The fourth-order valence-corrected chi connectivity index (χ4v) is 0. The molecule has 5 heteroatoms. The Morgan fingerprint density at radius 2 is 1.20 bits per heavy atom. The zero-order valence-electron chi connectivity index (χ0n) is 4.05. The van der Waals surface area contributed by atoms with Crippen LogP contribution < -0.4 is 0 Å². The van der Waals surface area contributed by atoms with Crippen LogP contribution in [0.3, 0.4) is 0 Å². The van der Waals surface area contributed by atoms with Crippen LogP contribution in [0.1, 0.15) is 2.85 Å². The van der Waals surface area contributed by atoms with E-state index in [1.165, 1.54) is 0 Å². The molecule has 0 saturated carbocycles. The number of hydrogen-bond donors (Lipinski definition) is 0. The van der Waals surface area contributed by atoms with E-state index in [-0.39, 0.29) is 96.6 Å². The Kier molecular flexibility index (Phi) is 250. The predicted octanol–water partition coefficient (Wildman–Crippen LogP) is -1.35. The average molecular weight is 244 g/mol. The van der Waals surface area contributed by atoms with Gasteiger partial charge in [-0.25, -0.2) is 0 Å². The minimum absolute atomic E-state index is 0. The van der Waals surface area contributed by atoms with Crippen LogP contribution in [0.2, 0.25) is 0 Å². The van der Waals surface area contributed by atoms with Crippen LogP contribution in [0.4, 0.5) is 0 Å². The van der Waals surface area contributed by atoms with Gasteiger partial charge in [0.2, 0.25) is 0 Å². The number of hydrogen-bond acceptors (Lipinski definition) is 0. The fraction of sp³-hybridized carbons (Fsp3) is 0. The van der Waals surface area contributed by atoms with Gasteiger partial charge in [-0.15, -0.1) is 0 Å². The molecule has 0 heterocycles. The molecule has 0 spiro atoms. The van der Waals surface area contributed by atoms with Crippen molar-refractivity contribution in [1.29, 1.82) is 0 Å². The van der Waals surface area contributed by atoms with Gasteiger partial charge in [0, 0.05) is 53.3 Å². The Morgan fingerprint density at radius 1 is 1.20 bits per heavy atom. The molecular weight excluding hydrogens is 239 g/mol. The van der Waals surface area contributed by atoms with Crippen molar-refractivity contribution in [3.8, 4) is 0 Å². The second kappa shape index (κ2) is 28.3. The van der Waals surface area contributed by atoms with E-state index in [0.29, 0.717) is 0 Å². The summed E-state index contributed by atoms with van der Waals surface area (Å²) in [5.41, 5.74) is 0. The van der Waals surface area contributed by atoms with Crippen LogP contribution in [-0.4, -0.2) is 40.4 Å². The van der Waals surface area contributed by atoms with Gasteiger partial charge < -0.3 is 2.85 Å². The Balaban J connectivity index is 0. The van der Waals surface area contributed by atoms with E-state index in [9.17, 15) is 0 Å². The first kappa shape index (κ1) is 44.1. The molecule has 0 aromatic heterocycles. The molecule has 0 atom stereocenters. The quantitative estimate of drug-likeness (QED) is 0.462. The van der Waals surface area contributed by atoms with Gasteiger partial charge in [-0.2, -0.15) is 0 Å². The van der Waals surface area contributed by atoms with E-state index in [2.05, 4.69) is 0 Å². The maximum Gasteiger partial charge on any atom is 2.00 e. The monoisotopic (exact) mass is 242 g/mol. The van der Waals surface area contributed by atoms with Crippen molar-refractivity contribution < 1.29 is 56.2 Å². The minimum Gasteiger partial charge on any atom is -1.00 e. The largest absolute Gasteiger partial charge is 2.00 e. The molecule has 32 valence electrons. The molecule has 0 aromatic carbocycles. The van der Waals surface area contributed by atoms with E-state index in [4.69, 9.17) is 0 Å². The number of rotatable bonds is 0. The Morgan fingerprint density at radius 3 is 1.20 bits per heavy atom. The molecule has 0 nitrogen and oxygen atoms in total. The smallest absolute Gasteiger partial charge is 1.00 e. The molecule has 0 aliphatic heterocycles. The van der Waals surface area contributed by atoms with Crippen molar-refractivity contribution in [3.63, 3.8) is 0 Å². The van der Waals surface area contributed by atoms with E-state index in [0.717, 1.165) is 0 Å². The first-order valence-electron chi connectivity index (χ1n) is 0. The van der Waals surface area contributed by atoms with Gasteiger partial charge in [0.1, 0.15) is 0 Å². The Labute approximate surface area is 95.3 Å². The molecule has 0 aliphatic rings. The first-order valence-corrected chi connectivity index (χ1v) is 0. The van der Waals surface area contributed by atoms with Crippen LogP contribution in [0, 0.1) is 0 Å². The second-order valence-electron chi connectivity index (χ2n) is 0. The summed E-state index contributed by atoms with van der Waals surface area (Å²) >= 11 is 0.